The minimum atomic E-state index is 0.981. The molecule has 0 N–H and O–H groups in total. The van der Waals surface area contributed by atoms with E-state index in [1.807, 2.05) is 4.68 Å². The molecule has 0 aliphatic heterocycles. The molecular weight excluding hydrogens is 198 g/mol. The Balaban J connectivity index is 1.59. The predicted octanol–water partition coefficient (Wildman–Crippen LogP) is 2.69. The van der Waals surface area contributed by atoms with Gasteiger partial charge in [-0.2, -0.15) is 5.10 Å². The van der Waals surface area contributed by atoms with Crippen molar-refractivity contribution >= 4 is 0 Å². The van der Waals surface area contributed by atoms with Crippen LogP contribution in [-0.4, -0.2) is 14.8 Å². The van der Waals surface area contributed by atoms with E-state index in [1.165, 1.54) is 31.2 Å². The molecule has 2 aromatic rings. The van der Waals surface area contributed by atoms with Gasteiger partial charge in [0.05, 0.1) is 0 Å². The second-order valence-corrected chi connectivity index (χ2v) is 3.95. The largest absolute Gasteiger partial charge is 0.253 e. The SMILES string of the molecule is c1ccc(CCCCCn2cncn2)cc1. The van der Waals surface area contributed by atoms with E-state index in [0.717, 1.165) is 6.54 Å². The van der Waals surface area contributed by atoms with Gasteiger partial charge in [0.25, 0.3) is 0 Å². The van der Waals surface area contributed by atoms with Gasteiger partial charge >= 0.3 is 0 Å². The summed E-state index contributed by atoms with van der Waals surface area (Å²) in [7, 11) is 0. The summed E-state index contributed by atoms with van der Waals surface area (Å²) >= 11 is 0. The minimum absolute atomic E-state index is 0.981. The highest BCUT2D eigenvalue weighted by Crippen LogP contribution is 2.06. The number of nitrogens with zero attached hydrogens (tertiary/aromatic N) is 3. The molecule has 0 unspecified atom stereocenters. The van der Waals surface area contributed by atoms with Crippen LogP contribution in [0.25, 0.3) is 0 Å². The van der Waals surface area contributed by atoms with Crippen LogP contribution in [0.4, 0.5) is 0 Å². The fraction of sp³-hybridized carbons (Fsp3) is 0.385. The van der Waals surface area contributed by atoms with Gasteiger partial charge in [-0.25, -0.2) is 4.98 Å². The molecule has 0 saturated carbocycles. The number of aromatic nitrogens is 3. The third-order valence-electron chi connectivity index (χ3n) is 2.66. The number of hydrogen-bond acceptors (Lipinski definition) is 2. The van der Waals surface area contributed by atoms with E-state index in [4.69, 9.17) is 0 Å². The molecule has 2 rings (SSSR count). The number of benzene rings is 1. The summed E-state index contributed by atoms with van der Waals surface area (Å²) in [6, 6.07) is 10.7. The van der Waals surface area contributed by atoms with Crippen LogP contribution >= 0.6 is 0 Å². The summed E-state index contributed by atoms with van der Waals surface area (Å²) < 4.78 is 1.89. The molecule has 0 aliphatic carbocycles. The third kappa shape index (κ3) is 3.50. The van der Waals surface area contributed by atoms with Crippen molar-refractivity contribution in [3.8, 4) is 0 Å². The fourth-order valence-corrected chi connectivity index (χ4v) is 1.77. The van der Waals surface area contributed by atoms with E-state index in [2.05, 4.69) is 40.4 Å². The van der Waals surface area contributed by atoms with Crippen molar-refractivity contribution in [1.29, 1.82) is 0 Å². The van der Waals surface area contributed by atoms with Crippen molar-refractivity contribution < 1.29 is 0 Å². The first-order valence-electron chi connectivity index (χ1n) is 5.81. The van der Waals surface area contributed by atoms with E-state index in [9.17, 15) is 0 Å². The lowest BCUT2D eigenvalue weighted by Gasteiger charge is -2.02. The summed E-state index contributed by atoms with van der Waals surface area (Å²) in [5.74, 6) is 0. The highest BCUT2D eigenvalue weighted by Gasteiger charge is 1.94. The summed E-state index contributed by atoms with van der Waals surface area (Å²) in [5.41, 5.74) is 1.43. The van der Waals surface area contributed by atoms with Crippen molar-refractivity contribution in [2.45, 2.75) is 32.2 Å². The maximum Gasteiger partial charge on any atom is 0.137 e. The Labute approximate surface area is 96.1 Å². The Morgan fingerprint density at radius 2 is 1.88 bits per heavy atom. The van der Waals surface area contributed by atoms with Crippen LogP contribution < -0.4 is 0 Å². The number of hydrogen-bond donors (Lipinski definition) is 0. The Morgan fingerprint density at radius 1 is 1.00 bits per heavy atom. The van der Waals surface area contributed by atoms with E-state index in [1.54, 1.807) is 12.7 Å². The zero-order chi connectivity index (χ0) is 11.1. The quantitative estimate of drug-likeness (QED) is 0.694. The number of rotatable bonds is 6. The lowest BCUT2D eigenvalue weighted by atomic mass is 10.1. The maximum atomic E-state index is 4.08. The van der Waals surface area contributed by atoms with Crippen molar-refractivity contribution in [2.75, 3.05) is 0 Å². The normalized spacial score (nSPS) is 10.5. The molecule has 1 aromatic carbocycles. The molecular formula is C13H17N3. The zero-order valence-corrected chi connectivity index (χ0v) is 9.42. The predicted molar refractivity (Wildman–Crippen MR) is 64.0 cm³/mol. The van der Waals surface area contributed by atoms with Gasteiger partial charge in [-0.1, -0.05) is 36.8 Å². The smallest absolute Gasteiger partial charge is 0.137 e. The van der Waals surface area contributed by atoms with Crippen LogP contribution in [-0.2, 0) is 13.0 Å². The van der Waals surface area contributed by atoms with Gasteiger partial charge in [-0.05, 0) is 24.8 Å². The number of unbranched alkanes of at least 4 members (excludes halogenated alkanes) is 2. The second kappa shape index (κ2) is 6.05. The Hall–Kier alpha value is -1.64. The molecule has 0 fully saturated rings. The van der Waals surface area contributed by atoms with Crippen molar-refractivity contribution in [3.05, 3.63) is 48.5 Å². The molecule has 16 heavy (non-hydrogen) atoms. The molecule has 3 heteroatoms. The molecule has 1 heterocycles. The molecule has 0 saturated heterocycles. The van der Waals surface area contributed by atoms with Gasteiger partial charge in [0.2, 0.25) is 0 Å². The van der Waals surface area contributed by atoms with E-state index < -0.39 is 0 Å². The van der Waals surface area contributed by atoms with Crippen LogP contribution in [0.5, 0.6) is 0 Å². The molecule has 0 radical (unpaired) electrons. The monoisotopic (exact) mass is 215 g/mol. The second-order valence-electron chi connectivity index (χ2n) is 3.95. The average Bonchev–Trinajstić information content (AvgIpc) is 2.83. The first-order valence-corrected chi connectivity index (χ1v) is 5.81. The van der Waals surface area contributed by atoms with E-state index >= 15 is 0 Å². The van der Waals surface area contributed by atoms with E-state index in [0.29, 0.717) is 0 Å². The molecule has 0 spiro atoms. The van der Waals surface area contributed by atoms with E-state index in [-0.39, 0.29) is 0 Å². The summed E-state index contributed by atoms with van der Waals surface area (Å²) in [6.07, 6.45) is 8.21. The third-order valence-corrected chi connectivity index (χ3v) is 2.66. The van der Waals surface area contributed by atoms with Gasteiger partial charge in [-0.3, -0.25) is 4.68 Å². The lowest BCUT2D eigenvalue weighted by Crippen LogP contribution is -1.98. The van der Waals surface area contributed by atoms with Gasteiger partial charge in [0.1, 0.15) is 12.7 Å². The van der Waals surface area contributed by atoms with Gasteiger partial charge in [-0.15, -0.1) is 0 Å². The van der Waals surface area contributed by atoms with Gasteiger partial charge < -0.3 is 0 Å². The summed E-state index contributed by atoms with van der Waals surface area (Å²) in [6.45, 7) is 0.981. The van der Waals surface area contributed by atoms with Crippen LogP contribution in [0.15, 0.2) is 43.0 Å². The Morgan fingerprint density at radius 3 is 2.62 bits per heavy atom. The minimum Gasteiger partial charge on any atom is -0.253 e. The fourth-order valence-electron chi connectivity index (χ4n) is 1.77. The topological polar surface area (TPSA) is 30.7 Å². The lowest BCUT2D eigenvalue weighted by molar-refractivity contribution is 0.543. The average molecular weight is 215 g/mol. The maximum absolute atomic E-state index is 4.08. The van der Waals surface area contributed by atoms with Crippen molar-refractivity contribution in [2.24, 2.45) is 0 Å². The van der Waals surface area contributed by atoms with Crippen LogP contribution in [0.2, 0.25) is 0 Å². The van der Waals surface area contributed by atoms with Crippen molar-refractivity contribution in [3.63, 3.8) is 0 Å². The highest BCUT2D eigenvalue weighted by molar-refractivity contribution is 5.14. The van der Waals surface area contributed by atoms with Gasteiger partial charge in [0, 0.05) is 6.54 Å². The zero-order valence-electron chi connectivity index (χ0n) is 9.42. The first-order chi connectivity index (χ1) is 7.95. The molecule has 0 bridgehead atoms. The molecule has 3 nitrogen and oxygen atoms in total. The van der Waals surface area contributed by atoms with Crippen LogP contribution in [0, 0.1) is 0 Å². The summed E-state index contributed by atoms with van der Waals surface area (Å²) in [5, 5.41) is 4.08. The molecule has 0 aliphatic rings. The van der Waals surface area contributed by atoms with Gasteiger partial charge in [0.15, 0.2) is 0 Å². The number of aryl methyl sites for hydroxylation is 2. The molecule has 0 amide bonds. The summed E-state index contributed by atoms with van der Waals surface area (Å²) in [4.78, 5) is 3.92. The van der Waals surface area contributed by atoms with Crippen molar-refractivity contribution in [1.82, 2.24) is 14.8 Å². The van der Waals surface area contributed by atoms with Crippen LogP contribution in [0.3, 0.4) is 0 Å². The molecule has 1 aromatic heterocycles. The molecule has 84 valence electrons. The Bertz CT molecular complexity index is 381. The standard InChI is InChI=1S/C13H17N3/c1-3-7-13(8-4-1)9-5-2-6-10-16-12-14-11-15-16/h1,3-4,7-8,11-12H,2,5-6,9-10H2. The highest BCUT2D eigenvalue weighted by atomic mass is 15.3. The Kier molecular flexibility index (Phi) is 4.11. The van der Waals surface area contributed by atoms with Crippen LogP contribution in [0.1, 0.15) is 24.8 Å². The molecule has 0 atom stereocenters. The first kappa shape index (κ1) is 10.9.